The molecule has 5 nitrogen and oxygen atoms in total. The van der Waals surface area contributed by atoms with Gasteiger partial charge >= 0.3 is 0 Å². The van der Waals surface area contributed by atoms with Gasteiger partial charge in [-0.2, -0.15) is 0 Å². The van der Waals surface area contributed by atoms with E-state index in [2.05, 4.69) is 10.3 Å². The van der Waals surface area contributed by atoms with Gasteiger partial charge in [-0.3, -0.25) is 9.78 Å². The van der Waals surface area contributed by atoms with Crippen LogP contribution < -0.4 is 11.1 Å². The largest absolute Gasteiger partial charge is 0.381 e. The molecule has 5 heteroatoms. The van der Waals surface area contributed by atoms with Gasteiger partial charge in [-0.15, -0.1) is 0 Å². The smallest absolute Gasteiger partial charge is 0.244 e. The van der Waals surface area contributed by atoms with Gasteiger partial charge in [-0.1, -0.05) is 30.3 Å². The zero-order valence-electron chi connectivity index (χ0n) is 13.1. The summed E-state index contributed by atoms with van der Waals surface area (Å²) in [5.74, 6) is 0.0102. The molecule has 120 valence electrons. The number of hydrogen-bond donors (Lipinski definition) is 2. The fourth-order valence-corrected chi connectivity index (χ4v) is 2.93. The minimum Gasteiger partial charge on any atom is -0.381 e. The number of anilines is 1. The molecule has 1 fully saturated rings. The Bertz CT molecular complexity index is 624. The topological polar surface area (TPSA) is 71.2 Å². The quantitative estimate of drug-likeness (QED) is 0.908. The summed E-state index contributed by atoms with van der Waals surface area (Å²) >= 11 is 0. The number of carbonyl (C=O) groups is 1. The van der Waals surface area contributed by atoms with Gasteiger partial charge < -0.3 is 16.0 Å². The van der Waals surface area contributed by atoms with Crippen molar-refractivity contribution in [2.75, 3.05) is 18.4 Å². The van der Waals surface area contributed by atoms with Crippen molar-refractivity contribution in [1.82, 2.24) is 9.88 Å². The van der Waals surface area contributed by atoms with Crippen molar-refractivity contribution in [2.45, 2.75) is 24.9 Å². The minimum absolute atomic E-state index is 0.0102. The Kier molecular flexibility index (Phi) is 4.88. The molecule has 1 aromatic carbocycles. The Morgan fingerprint density at radius 3 is 2.57 bits per heavy atom. The number of nitrogens with zero attached hydrogens (tertiary/aromatic N) is 2. The highest BCUT2D eigenvalue weighted by molar-refractivity contribution is 5.83. The summed E-state index contributed by atoms with van der Waals surface area (Å²) in [5.41, 5.74) is 8.01. The third-order valence-corrected chi connectivity index (χ3v) is 4.26. The van der Waals surface area contributed by atoms with E-state index in [1.165, 1.54) is 0 Å². The summed E-state index contributed by atoms with van der Waals surface area (Å²) in [7, 11) is 0. The molecule has 3 rings (SSSR count). The maximum atomic E-state index is 12.5. The maximum absolute atomic E-state index is 12.5. The van der Waals surface area contributed by atoms with Crippen LogP contribution in [0.15, 0.2) is 54.9 Å². The summed E-state index contributed by atoms with van der Waals surface area (Å²) in [5, 5.41) is 3.47. The second-order valence-corrected chi connectivity index (χ2v) is 5.87. The van der Waals surface area contributed by atoms with Gasteiger partial charge in [0.05, 0.1) is 5.69 Å². The zero-order valence-corrected chi connectivity index (χ0v) is 13.1. The van der Waals surface area contributed by atoms with Crippen LogP contribution in [-0.4, -0.2) is 34.9 Å². The Labute approximate surface area is 136 Å². The number of likely N-dealkylation sites (tertiary alicyclic amines) is 1. The van der Waals surface area contributed by atoms with E-state index in [9.17, 15) is 4.79 Å². The average Bonchev–Trinajstić information content (AvgIpc) is 2.63. The van der Waals surface area contributed by atoms with Crippen molar-refractivity contribution in [3.05, 3.63) is 60.4 Å². The van der Waals surface area contributed by atoms with Crippen molar-refractivity contribution < 1.29 is 4.79 Å². The number of piperidine rings is 1. The summed E-state index contributed by atoms with van der Waals surface area (Å²) in [6, 6.07) is 13.3. The normalized spacial score (nSPS) is 16.8. The van der Waals surface area contributed by atoms with E-state index in [1.807, 2.05) is 53.6 Å². The average molecular weight is 310 g/mol. The van der Waals surface area contributed by atoms with Crippen molar-refractivity contribution in [2.24, 2.45) is 5.73 Å². The van der Waals surface area contributed by atoms with Crippen LogP contribution in [0, 0.1) is 0 Å². The molecule has 0 radical (unpaired) electrons. The lowest BCUT2D eigenvalue weighted by atomic mass is 10.0. The lowest BCUT2D eigenvalue weighted by molar-refractivity contribution is -0.133. The number of nitrogens with two attached hydrogens (primary N) is 1. The van der Waals surface area contributed by atoms with Gasteiger partial charge in [-0.25, -0.2) is 0 Å². The van der Waals surface area contributed by atoms with Crippen molar-refractivity contribution >= 4 is 11.6 Å². The summed E-state index contributed by atoms with van der Waals surface area (Å²) in [6.45, 7) is 1.47. The molecule has 1 amide bonds. The van der Waals surface area contributed by atoms with Crippen LogP contribution >= 0.6 is 0 Å². The molecule has 0 aliphatic carbocycles. The summed E-state index contributed by atoms with van der Waals surface area (Å²) < 4.78 is 0. The van der Waals surface area contributed by atoms with Crippen LogP contribution in [0.1, 0.15) is 24.4 Å². The number of amides is 1. The molecule has 0 bridgehead atoms. The number of nitrogens with one attached hydrogen (secondary N) is 1. The van der Waals surface area contributed by atoms with Crippen LogP contribution in [-0.2, 0) is 4.79 Å². The van der Waals surface area contributed by atoms with E-state index in [4.69, 9.17) is 5.73 Å². The Balaban J connectivity index is 1.53. The lowest BCUT2D eigenvalue weighted by Crippen LogP contribution is -2.45. The first-order valence-electron chi connectivity index (χ1n) is 8.00. The number of benzene rings is 1. The first-order chi connectivity index (χ1) is 11.2. The predicted octanol–water partition coefficient (Wildman–Crippen LogP) is 2.18. The van der Waals surface area contributed by atoms with Gasteiger partial charge in [0.15, 0.2) is 0 Å². The second kappa shape index (κ2) is 7.24. The molecular formula is C18H22N4O. The predicted molar refractivity (Wildman–Crippen MR) is 90.8 cm³/mol. The van der Waals surface area contributed by atoms with Crippen molar-refractivity contribution in [1.29, 1.82) is 0 Å². The third-order valence-electron chi connectivity index (χ3n) is 4.26. The highest BCUT2D eigenvalue weighted by Crippen LogP contribution is 2.19. The highest BCUT2D eigenvalue weighted by atomic mass is 16.2. The lowest BCUT2D eigenvalue weighted by Gasteiger charge is -2.34. The van der Waals surface area contributed by atoms with E-state index in [1.54, 1.807) is 6.20 Å². The number of pyridine rings is 1. The van der Waals surface area contributed by atoms with E-state index in [0.717, 1.165) is 37.2 Å². The Hall–Kier alpha value is -2.40. The van der Waals surface area contributed by atoms with E-state index < -0.39 is 6.04 Å². The molecule has 1 aliphatic heterocycles. The molecule has 0 unspecified atom stereocenters. The first-order valence-corrected chi connectivity index (χ1v) is 8.00. The summed E-state index contributed by atoms with van der Waals surface area (Å²) in [6.07, 6.45) is 5.42. The third kappa shape index (κ3) is 3.87. The SMILES string of the molecule is N[C@@H](C(=O)N1CCC(Nc2cccnc2)CC1)c1ccccc1. The summed E-state index contributed by atoms with van der Waals surface area (Å²) in [4.78, 5) is 18.5. The molecule has 3 N–H and O–H groups in total. The monoisotopic (exact) mass is 310 g/mol. The van der Waals surface area contributed by atoms with Crippen molar-refractivity contribution in [3.63, 3.8) is 0 Å². The standard InChI is InChI=1S/C18H22N4O/c19-17(14-5-2-1-3-6-14)18(23)22-11-8-15(9-12-22)21-16-7-4-10-20-13-16/h1-7,10,13,15,17,21H,8-9,11-12,19H2/t17-/m1/s1. The fourth-order valence-electron chi connectivity index (χ4n) is 2.93. The van der Waals surface area contributed by atoms with Crippen LogP contribution in [0.5, 0.6) is 0 Å². The zero-order chi connectivity index (χ0) is 16.1. The molecule has 1 saturated heterocycles. The molecule has 1 atom stereocenters. The molecule has 2 heterocycles. The van der Waals surface area contributed by atoms with Crippen LogP contribution in [0.3, 0.4) is 0 Å². The van der Waals surface area contributed by atoms with Crippen molar-refractivity contribution in [3.8, 4) is 0 Å². The number of carbonyl (C=O) groups excluding carboxylic acids is 1. The molecule has 23 heavy (non-hydrogen) atoms. The van der Waals surface area contributed by atoms with Crippen LogP contribution in [0.25, 0.3) is 0 Å². The highest BCUT2D eigenvalue weighted by Gasteiger charge is 2.26. The Morgan fingerprint density at radius 2 is 1.91 bits per heavy atom. The molecule has 1 aromatic heterocycles. The number of aromatic nitrogens is 1. The van der Waals surface area contributed by atoms with Gasteiger partial charge in [0, 0.05) is 31.5 Å². The van der Waals surface area contributed by atoms with E-state index in [0.29, 0.717) is 6.04 Å². The molecule has 1 aliphatic rings. The Morgan fingerprint density at radius 1 is 1.17 bits per heavy atom. The number of rotatable bonds is 4. The molecular weight excluding hydrogens is 288 g/mol. The molecule has 0 spiro atoms. The van der Waals surface area contributed by atoms with E-state index in [-0.39, 0.29) is 5.91 Å². The fraction of sp³-hybridized carbons (Fsp3) is 0.333. The van der Waals surface area contributed by atoms with E-state index >= 15 is 0 Å². The van der Waals surface area contributed by atoms with Gasteiger partial charge in [-0.05, 0) is 30.5 Å². The minimum atomic E-state index is -0.570. The van der Waals surface area contributed by atoms with Crippen LogP contribution in [0.4, 0.5) is 5.69 Å². The second-order valence-electron chi connectivity index (χ2n) is 5.87. The van der Waals surface area contributed by atoms with Crippen LogP contribution in [0.2, 0.25) is 0 Å². The molecule has 2 aromatic rings. The number of hydrogen-bond acceptors (Lipinski definition) is 4. The van der Waals surface area contributed by atoms with Gasteiger partial charge in [0.1, 0.15) is 6.04 Å². The molecule has 0 saturated carbocycles. The maximum Gasteiger partial charge on any atom is 0.244 e. The first kappa shape index (κ1) is 15.5. The van der Waals surface area contributed by atoms with Gasteiger partial charge in [0.2, 0.25) is 5.91 Å². The van der Waals surface area contributed by atoms with Gasteiger partial charge in [0.25, 0.3) is 0 Å².